The number of rotatable bonds is 11. The lowest BCUT2D eigenvalue weighted by Crippen LogP contribution is -2.46. The third kappa shape index (κ3) is 6.47. The molecule has 2 aliphatic rings. The minimum absolute atomic E-state index is 0.205. The van der Waals surface area contributed by atoms with E-state index in [1.807, 2.05) is 36.4 Å². The Morgan fingerprint density at radius 1 is 1.13 bits per heavy atom. The van der Waals surface area contributed by atoms with Gasteiger partial charge in [-0.2, -0.15) is 0 Å². The van der Waals surface area contributed by atoms with Crippen LogP contribution in [0.25, 0.3) is 0 Å². The van der Waals surface area contributed by atoms with Crippen molar-refractivity contribution in [1.29, 1.82) is 0 Å². The Morgan fingerprint density at radius 3 is 2.67 bits per heavy atom. The maximum Gasteiger partial charge on any atom is 0.250 e. The number of amides is 1. The SMILES string of the molecule is CC(C)(Cc1ccc(Oc2ccc(C(N)=O)cn2)cc1)NCC(O)COc1cccc2c1C1C=CC=CC1N2. The summed E-state index contributed by atoms with van der Waals surface area (Å²) in [6.45, 7) is 4.82. The number of ether oxygens (including phenoxy) is 2. The van der Waals surface area contributed by atoms with Crippen LogP contribution in [0.4, 0.5) is 5.69 Å². The molecule has 0 saturated heterocycles. The van der Waals surface area contributed by atoms with Crippen LogP contribution in [0.1, 0.15) is 41.3 Å². The maximum atomic E-state index is 11.2. The minimum atomic E-state index is -0.656. The van der Waals surface area contributed by atoms with Crippen LogP contribution in [0, 0.1) is 0 Å². The largest absolute Gasteiger partial charge is 0.490 e. The van der Waals surface area contributed by atoms with E-state index in [4.69, 9.17) is 15.2 Å². The van der Waals surface area contributed by atoms with Gasteiger partial charge in [0.25, 0.3) is 0 Å². The molecular weight excluding hydrogens is 492 g/mol. The molecule has 2 heterocycles. The molecule has 3 aromatic rings. The molecule has 1 amide bonds. The molecule has 5 N–H and O–H groups in total. The van der Waals surface area contributed by atoms with E-state index < -0.39 is 12.0 Å². The molecule has 1 aliphatic heterocycles. The highest BCUT2D eigenvalue weighted by molar-refractivity contribution is 5.92. The Balaban J connectivity index is 1.10. The Bertz CT molecular complexity index is 1370. The minimum Gasteiger partial charge on any atom is -0.490 e. The highest BCUT2D eigenvalue weighted by atomic mass is 16.5. The van der Waals surface area contributed by atoms with Crippen LogP contribution in [0.2, 0.25) is 0 Å². The first-order valence-corrected chi connectivity index (χ1v) is 13.1. The van der Waals surface area contributed by atoms with E-state index in [9.17, 15) is 9.90 Å². The Labute approximate surface area is 228 Å². The number of aliphatic hydroxyl groups is 1. The summed E-state index contributed by atoms with van der Waals surface area (Å²) in [6.07, 6.45) is 9.98. The Hall–Kier alpha value is -4.14. The summed E-state index contributed by atoms with van der Waals surface area (Å²) in [5.74, 6) is 1.55. The lowest BCUT2D eigenvalue weighted by atomic mass is 9.91. The molecule has 39 heavy (non-hydrogen) atoms. The topological polar surface area (TPSA) is 119 Å². The fraction of sp³-hybridized carbons (Fsp3) is 0.290. The molecule has 202 valence electrons. The molecule has 1 aromatic heterocycles. The second-order valence-electron chi connectivity index (χ2n) is 10.6. The van der Waals surface area contributed by atoms with Gasteiger partial charge in [-0.25, -0.2) is 4.98 Å². The van der Waals surface area contributed by atoms with Gasteiger partial charge in [-0.1, -0.05) is 42.5 Å². The Kier molecular flexibility index (Phi) is 7.67. The van der Waals surface area contributed by atoms with Gasteiger partial charge in [0.2, 0.25) is 11.8 Å². The number of allylic oxidation sites excluding steroid dienone is 2. The number of carbonyl (C=O) groups is 1. The summed E-state index contributed by atoms with van der Waals surface area (Å²) >= 11 is 0. The fourth-order valence-corrected chi connectivity index (χ4v) is 4.93. The van der Waals surface area contributed by atoms with Crippen LogP contribution in [0.5, 0.6) is 17.4 Å². The number of hydrogen-bond acceptors (Lipinski definition) is 7. The van der Waals surface area contributed by atoms with Gasteiger partial charge in [-0.3, -0.25) is 4.79 Å². The van der Waals surface area contributed by atoms with Crippen molar-refractivity contribution in [3.63, 3.8) is 0 Å². The highest BCUT2D eigenvalue weighted by Gasteiger charge is 2.32. The summed E-state index contributed by atoms with van der Waals surface area (Å²) in [4.78, 5) is 15.3. The first kappa shape index (κ1) is 26.5. The fourth-order valence-electron chi connectivity index (χ4n) is 4.93. The molecule has 0 saturated carbocycles. The zero-order chi connectivity index (χ0) is 27.4. The predicted octanol–water partition coefficient (Wildman–Crippen LogP) is 4.33. The van der Waals surface area contributed by atoms with Crippen molar-refractivity contribution in [2.24, 2.45) is 5.73 Å². The summed E-state index contributed by atoms with van der Waals surface area (Å²) in [5.41, 5.74) is 8.68. The first-order valence-electron chi connectivity index (χ1n) is 13.1. The summed E-state index contributed by atoms with van der Waals surface area (Å²) < 4.78 is 11.9. The molecule has 0 bridgehead atoms. The lowest BCUT2D eigenvalue weighted by Gasteiger charge is -2.28. The zero-order valence-corrected chi connectivity index (χ0v) is 22.1. The van der Waals surface area contributed by atoms with E-state index >= 15 is 0 Å². The predicted molar refractivity (Wildman–Crippen MR) is 151 cm³/mol. The van der Waals surface area contributed by atoms with E-state index in [1.54, 1.807) is 12.1 Å². The molecule has 8 heteroatoms. The van der Waals surface area contributed by atoms with Gasteiger partial charge in [-0.05, 0) is 56.2 Å². The van der Waals surface area contributed by atoms with Crippen LogP contribution in [0.15, 0.2) is 85.1 Å². The van der Waals surface area contributed by atoms with Crippen molar-refractivity contribution < 1.29 is 19.4 Å². The van der Waals surface area contributed by atoms with Crippen molar-refractivity contribution in [3.8, 4) is 17.4 Å². The maximum absolute atomic E-state index is 11.2. The van der Waals surface area contributed by atoms with Crippen molar-refractivity contribution in [2.75, 3.05) is 18.5 Å². The number of aromatic nitrogens is 1. The first-order chi connectivity index (χ1) is 18.8. The standard InChI is InChI=1S/C31H34N4O4/c1-31(2,16-20-10-13-23(14-11-20)39-28-15-12-21(17-33-28)30(32)37)34-18-22(36)19-38-27-9-5-8-26-29(27)24-6-3-4-7-25(24)35-26/h3-15,17,22,24-25,34-36H,16,18-19H2,1-2H3,(H2,32,37). The number of aliphatic hydroxyl groups excluding tert-OH is 1. The normalized spacial score (nSPS) is 18.1. The van der Waals surface area contributed by atoms with Crippen LogP contribution in [-0.4, -0.2) is 46.8 Å². The number of fused-ring (bicyclic) bond motifs is 3. The zero-order valence-electron chi connectivity index (χ0n) is 22.1. The van der Waals surface area contributed by atoms with Gasteiger partial charge in [-0.15, -0.1) is 0 Å². The average Bonchev–Trinajstić information content (AvgIpc) is 3.31. The number of β-amino-alcohol motifs (C(OH)–C–C–N with tert-alkyl or cyclic N) is 1. The van der Waals surface area contributed by atoms with Crippen LogP contribution in [0.3, 0.4) is 0 Å². The van der Waals surface area contributed by atoms with Crippen molar-refractivity contribution in [1.82, 2.24) is 10.3 Å². The number of nitrogens with one attached hydrogen (secondary N) is 2. The number of nitrogens with two attached hydrogens (primary N) is 1. The molecule has 0 spiro atoms. The second-order valence-corrected chi connectivity index (χ2v) is 10.6. The third-order valence-electron chi connectivity index (χ3n) is 6.92. The van der Waals surface area contributed by atoms with E-state index in [2.05, 4.69) is 59.8 Å². The highest BCUT2D eigenvalue weighted by Crippen LogP contribution is 2.44. The molecule has 0 fully saturated rings. The molecule has 5 rings (SSSR count). The Morgan fingerprint density at radius 2 is 1.92 bits per heavy atom. The van der Waals surface area contributed by atoms with Gasteiger partial charge < -0.3 is 30.9 Å². The second kappa shape index (κ2) is 11.3. The van der Waals surface area contributed by atoms with Crippen LogP contribution >= 0.6 is 0 Å². The quantitative estimate of drug-likeness (QED) is 0.294. The molecule has 2 aromatic carbocycles. The number of carbonyl (C=O) groups excluding carboxylic acids is 1. The van der Waals surface area contributed by atoms with Crippen molar-refractivity contribution in [3.05, 3.63) is 102 Å². The van der Waals surface area contributed by atoms with Crippen molar-refractivity contribution >= 4 is 11.6 Å². The van der Waals surface area contributed by atoms with Gasteiger partial charge >= 0.3 is 0 Å². The third-order valence-corrected chi connectivity index (χ3v) is 6.92. The molecule has 0 radical (unpaired) electrons. The number of benzene rings is 2. The van der Waals surface area contributed by atoms with E-state index in [1.165, 1.54) is 6.20 Å². The summed E-state index contributed by atoms with van der Waals surface area (Å²) in [5, 5.41) is 17.7. The van der Waals surface area contributed by atoms with Gasteiger partial charge in [0, 0.05) is 41.5 Å². The van der Waals surface area contributed by atoms with Crippen LogP contribution < -0.4 is 25.8 Å². The molecular formula is C31H34N4O4. The molecule has 1 aliphatic carbocycles. The number of pyridine rings is 1. The lowest BCUT2D eigenvalue weighted by molar-refractivity contribution is 0.0983. The summed E-state index contributed by atoms with van der Waals surface area (Å²) in [6, 6.07) is 17.2. The number of hydrogen-bond donors (Lipinski definition) is 4. The smallest absolute Gasteiger partial charge is 0.250 e. The van der Waals surface area contributed by atoms with E-state index in [0.29, 0.717) is 23.7 Å². The van der Waals surface area contributed by atoms with Gasteiger partial charge in [0.1, 0.15) is 24.2 Å². The molecule has 8 nitrogen and oxygen atoms in total. The number of nitrogens with zero attached hydrogens (tertiary/aromatic N) is 1. The molecule has 3 unspecified atom stereocenters. The number of anilines is 1. The number of primary amides is 1. The van der Waals surface area contributed by atoms with Crippen LogP contribution in [-0.2, 0) is 6.42 Å². The van der Waals surface area contributed by atoms with Gasteiger partial charge in [0.05, 0.1) is 11.6 Å². The monoisotopic (exact) mass is 526 g/mol. The van der Waals surface area contributed by atoms with Gasteiger partial charge in [0.15, 0.2) is 0 Å². The van der Waals surface area contributed by atoms with E-state index in [-0.39, 0.29) is 24.1 Å². The summed E-state index contributed by atoms with van der Waals surface area (Å²) in [7, 11) is 0. The average molecular weight is 527 g/mol. The molecule has 3 atom stereocenters. The van der Waals surface area contributed by atoms with E-state index in [0.717, 1.165) is 29.0 Å². The van der Waals surface area contributed by atoms with Crippen molar-refractivity contribution in [2.45, 2.75) is 43.9 Å².